The molecule has 6 heteroatoms. The molecule has 23 heavy (non-hydrogen) atoms. The van der Waals surface area contributed by atoms with Gasteiger partial charge in [0.15, 0.2) is 0 Å². The number of fused-ring (bicyclic) bond motifs is 1. The number of nitrogens with zero attached hydrogens (tertiary/aromatic N) is 3. The molecule has 1 atom stereocenters. The Labute approximate surface area is 144 Å². The summed E-state index contributed by atoms with van der Waals surface area (Å²) in [6, 6.07) is 6.64. The molecule has 1 heterocycles. The molecule has 0 saturated carbocycles. The van der Waals surface area contributed by atoms with E-state index in [0.29, 0.717) is 18.7 Å². The Balaban J connectivity index is 1.71. The van der Waals surface area contributed by atoms with Gasteiger partial charge in [-0.15, -0.1) is 0 Å². The molecule has 2 N–H and O–H groups in total. The van der Waals surface area contributed by atoms with Crippen LogP contribution in [0.2, 0.25) is 0 Å². The molecule has 122 valence electrons. The number of amides is 1. The van der Waals surface area contributed by atoms with E-state index < -0.39 is 0 Å². The minimum Gasteiger partial charge on any atom is -0.338 e. The third-order valence-electron chi connectivity index (χ3n) is 4.48. The van der Waals surface area contributed by atoms with E-state index in [1.54, 1.807) is 17.1 Å². The number of halogens is 1. The van der Waals surface area contributed by atoms with Crippen molar-refractivity contribution in [3.05, 3.63) is 51.8 Å². The summed E-state index contributed by atoms with van der Waals surface area (Å²) in [4.78, 5) is 14.5. The van der Waals surface area contributed by atoms with Crippen LogP contribution in [-0.4, -0.2) is 40.2 Å². The van der Waals surface area contributed by atoms with Gasteiger partial charge in [0.2, 0.25) is 0 Å². The van der Waals surface area contributed by atoms with Gasteiger partial charge in [-0.3, -0.25) is 9.48 Å². The third kappa shape index (κ3) is 3.48. The molecule has 1 aromatic carbocycles. The number of hydrogen-bond donors (Lipinski definition) is 1. The molecule has 0 saturated heterocycles. The molecule has 5 nitrogen and oxygen atoms in total. The number of benzene rings is 1. The second-order valence-electron chi connectivity index (χ2n) is 6.01. The van der Waals surface area contributed by atoms with Crippen LogP contribution in [0.3, 0.4) is 0 Å². The summed E-state index contributed by atoms with van der Waals surface area (Å²) >= 11 is 3.52. The van der Waals surface area contributed by atoms with E-state index >= 15 is 0 Å². The highest BCUT2D eigenvalue weighted by atomic mass is 79.9. The van der Waals surface area contributed by atoms with Crippen LogP contribution in [0.1, 0.15) is 27.9 Å². The van der Waals surface area contributed by atoms with E-state index in [9.17, 15) is 4.79 Å². The van der Waals surface area contributed by atoms with Gasteiger partial charge in [0, 0.05) is 30.3 Å². The molecule has 1 unspecified atom stereocenters. The predicted molar refractivity (Wildman–Crippen MR) is 93.3 cm³/mol. The van der Waals surface area contributed by atoms with Crippen LogP contribution in [0.4, 0.5) is 0 Å². The molecular formula is C17H21BrN4O. The van der Waals surface area contributed by atoms with Crippen molar-refractivity contribution in [2.45, 2.75) is 31.8 Å². The van der Waals surface area contributed by atoms with Crippen LogP contribution < -0.4 is 5.73 Å². The van der Waals surface area contributed by atoms with Gasteiger partial charge in [0.1, 0.15) is 0 Å². The molecule has 0 bridgehead atoms. The zero-order valence-electron chi connectivity index (χ0n) is 13.2. The highest BCUT2D eigenvalue weighted by molar-refractivity contribution is 9.10. The van der Waals surface area contributed by atoms with E-state index in [4.69, 9.17) is 5.73 Å². The van der Waals surface area contributed by atoms with Gasteiger partial charge in [0.05, 0.1) is 18.3 Å². The summed E-state index contributed by atoms with van der Waals surface area (Å²) in [6.45, 7) is 1.14. The lowest BCUT2D eigenvalue weighted by molar-refractivity contribution is 0.0719. The molecule has 2 aromatic rings. The summed E-state index contributed by atoms with van der Waals surface area (Å²) in [6.07, 6.45) is 6.30. The van der Waals surface area contributed by atoms with E-state index in [-0.39, 0.29) is 11.9 Å². The lowest BCUT2D eigenvalue weighted by Gasteiger charge is -2.32. The highest BCUT2D eigenvalue weighted by Gasteiger charge is 2.26. The Kier molecular flexibility index (Phi) is 4.82. The van der Waals surface area contributed by atoms with Crippen LogP contribution in [0, 0.1) is 0 Å². The maximum Gasteiger partial charge on any atom is 0.257 e. The monoisotopic (exact) mass is 376 g/mol. The summed E-state index contributed by atoms with van der Waals surface area (Å²) in [5, 5.41) is 4.18. The lowest BCUT2D eigenvalue weighted by atomic mass is 9.87. The zero-order valence-corrected chi connectivity index (χ0v) is 14.8. The number of nitrogens with two attached hydrogens (primary N) is 1. The molecule has 0 spiro atoms. The minimum absolute atomic E-state index is 0.0267. The molecule has 1 amide bonds. The SMILES string of the molecule is CN(C(=O)c1cnn(CCN)c1)C1CCc2cc(Br)ccc2C1. The van der Waals surface area contributed by atoms with Gasteiger partial charge in [-0.2, -0.15) is 5.10 Å². The van der Waals surface area contributed by atoms with Gasteiger partial charge >= 0.3 is 0 Å². The Bertz CT molecular complexity index is 712. The third-order valence-corrected chi connectivity index (χ3v) is 4.97. The largest absolute Gasteiger partial charge is 0.338 e. The van der Waals surface area contributed by atoms with Gasteiger partial charge in [-0.05, 0) is 42.5 Å². The molecular weight excluding hydrogens is 356 g/mol. The van der Waals surface area contributed by atoms with Gasteiger partial charge in [-0.25, -0.2) is 0 Å². The first-order valence-electron chi connectivity index (χ1n) is 7.85. The first-order chi connectivity index (χ1) is 11.1. The van der Waals surface area contributed by atoms with Crippen molar-refractivity contribution in [3.8, 4) is 0 Å². The van der Waals surface area contributed by atoms with Crippen LogP contribution >= 0.6 is 15.9 Å². The Morgan fingerprint density at radius 3 is 3.09 bits per heavy atom. The number of aromatic nitrogens is 2. The van der Waals surface area contributed by atoms with Gasteiger partial charge in [-0.1, -0.05) is 22.0 Å². The summed E-state index contributed by atoms with van der Waals surface area (Å²) in [5.41, 5.74) is 8.86. The van der Waals surface area contributed by atoms with E-state index in [1.807, 2.05) is 11.9 Å². The average molecular weight is 377 g/mol. The Morgan fingerprint density at radius 2 is 2.30 bits per heavy atom. The van der Waals surface area contributed by atoms with E-state index in [1.165, 1.54) is 11.1 Å². The fourth-order valence-electron chi connectivity index (χ4n) is 3.13. The molecule has 1 aliphatic rings. The van der Waals surface area contributed by atoms with Gasteiger partial charge in [0.25, 0.3) is 5.91 Å². The number of carbonyl (C=O) groups is 1. The molecule has 3 rings (SSSR count). The first kappa shape index (κ1) is 16.2. The summed E-state index contributed by atoms with van der Waals surface area (Å²) in [5.74, 6) is 0.0267. The predicted octanol–water partition coefficient (Wildman–Crippen LogP) is 2.23. The topological polar surface area (TPSA) is 64.2 Å². The molecule has 0 aliphatic heterocycles. The number of carbonyl (C=O) groups excluding carboxylic acids is 1. The van der Waals surface area contributed by atoms with Crippen molar-refractivity contribution in [1.29, 1.82) is 0 Å². The van der Waals surface area contributed by atoms with E-state index in [0.717, 1.165) is 23.7 Å². The van der Waals surface area contributed by atoms with Crippen molar-refractivity contribution in [1.82, 2.24) is 14.7 Å². The molecule has 1 aliphatic carbocycles. The second-order valence-corrected chi connectivity index (χ2v) is 6.92. The quantitative estimate of drug-likeness (QED) is 0.889. The average Bonchev–Trinajstić information content (AvgIpc) is 3.02. The van der Waals surface area contributed by atoms with Crippen LogP contribution in [0.15, 0.2) is 35.1 Å². The Morgan fingerprint density at radius 1 is 1.48 bits per heavy atom. The van der Waals surface area contributed by atoms with Crippen molar-refractivity contribution in [3.63, 3.8) is 0 Å². The maximum atomic E-state index is 12.7. The van der Waals surface area contributed by atoms with Crippen molar-refractivity contribution in [2.75, 3.05) is 13.6 Å². The second kappa shape index (κ2) is 6.84. The minimum atomic E-state index is 0.0267. The van der Waals surface area contributed by atoms with Crippen LogP contribution in [0.5, 0.6) is 0 Å². The smallest absolute Gasteiger partial charge is 0.257 e. The maximum absolute atomic E-state index is 12.7. The molecule has 0 radical (unpaired) electrons. The summed E-state index contributed by atoms with van der Waals surface area (Å²) in [7, 11) is 1.89. The zero-order chi connectivity index (χ0) is 16.4. The normalized spacial score (nSPS) is 16.9. The standard InChI is InChI=1S/C17H21BrN4O/c1-21(17(23)14-10-20-22(11-14)7-6-19)16-5-3-12-8-15(18)4-2-13(12)9-16/h2,4,8,10-11,16H,3,5-7,9,19H2,1H3. The summed E-state index contributed by atoms with van der Waals surface area (Å²) < 4.78 is 2.83. The fourth-order valence-corrected chi connectivity index (χ4v) is 3.54. The van der Waals surface area contributed by atoms with Gasteiger partial charge < -0.3 is 10.6 Å². The molecule has 1 aromatic heterocycles. The first-order valence-corrected chi connectivity index (χ1v) is 8.64. The van der Waals surface area contributed by atoms with Crippen molar-refractivity contribution >= 4 is 21.8 Å². The van der Waals surface area contributed by atoms with Crippen molar-refractivity contribution in [2.24, 2.45) is 5.73 Å². The Hall–Kier alpha value is -1.66. The van der Waals surface area contributed by atoms with Crippen molar-refractivity contribution < 1.29 is 4.79 Å². The highest BCUT2D eigenvalue weighted by Crippen LogP contribution is 2.27. The number of rotatable bonds is 4. The lowest BCUT2D eigenvalue weighted by Crippen LogP contribution is -2.40. The fraction of sp³-hybridized carbons (Fsp3) is 0.412. The molecule has 0 fully saturated rings. The number of aryl methyl sites for hydroxylation is 1. The number of hydrogen-bond acceptors (Lipinski definition) is 3. The van der Waals surface area contributed by atoms with Crippen LogP contribution in [0.25, 0.3) is 0 Å². The van der Waals surface area contributed by atoms with Crippen LogP contribution in [-0.2, 0) is 19.4 Å². The number of likely N-dealkylation sites (N-methyl/N-ethyl adjacent to an activating group) is 1. The van der Waals surface area contributed by atoms with E-state index in [2.05, 4.69) is 39.2 Å².